The van der Waals surface area contributed by atoms with Gasteiger partial charge in [0.15, 0.2) is 0 Å². The van der Waals surface area contributed by atoms with E-state index in [0.717, 1.165) is 30.8 Å². The molecule has 3 N–H and O–H groups in total. The number of imidazole rings is 2. The van der Waals surface area contributed by atoms with Gasteiger partial charge in [0.25, 0.3) is 5.91 Å². The van der Waals surface area contributed by atoms with Gasteiger partial charge < -0.3 is 20.2 Å². The van der Waals surface area contributed by atoms with Crippen molar-refractivity contribution >= 4 is 5.91 Å². The van der Waals surface area contributed by atoms with Gasteiger partial charge in [0.1, 0.15) is 11.6 Å². The Labute approximate surface area is 255 Å². The largest absolute Gasteiger partial charge is 0.347 e. The second-order valence-corrected chi connectivity index (χ2v) is 12.3. The Kier molecular flexibility index (Phi) is 9.97. The minimum Gasteiger partial charge on any atom is -0.347 e. The summed E-state index contributed by atoms with van der Waals surface area (Å²) in [6.45, 7) is 2.69. The molecule has 2 aliphatic rings. The summed E-state index contributed by atoms with van der Waals surface area (Å²) in [5.41, 5.74) is 3.32. The first-order valence-corrected chi connectivity index (χ1v) is 16.1. The lowest BCUT2D eigenvalue weighted by atomic mass is 9.86. The van der Waals surface area contributed by atoms with Crippen LogP contribution < -0.4 is 5.32 Å². The van der Waals surface area contributed by atoms with Gasteiger partial charge in [-0.1, -0.05) is 61.7 Å². The molecule has 8 heteroatoms. The third kappa shape index (κ3) is 8.00. The molecule has 0 aliphatic heterocycles. The molecule has 2 fully saturated rings. The van der Waals surface area contributed by atoms with Gasteiger partial charge >= 0.3 is 0 Å². The second kappa shape index (κ2) is 14.6. The molecule has 0 unspecified atom stereocenters. The molecule has 1 amide bonds. The molecule has 8 nitrogen and oxygen atoms in total. The fraction of sp³-hybridized carbons (Fsp3) is 0.457. The van der Waals surface area contributed by atoms with Crippen molar-refractivity contribution < 1.29 is 4.79 Å². The van der Waals surface area contributed by atoms with Crippen LogP contribution in [0.1, 0.15) is 90.9 Å². The van der Waals surface area contributed by atoms with Crippen LogP contribution in [0.4, 0.5) is 0 Å². The normalized spacial score (nSPS) is 19.5. The molecule has 0 spiro atoms. The number of amides is 1. The molecule has 0 saturated heterocycles. The Bertz CT molecular complexity index is 1320. The van der Waals surface area contributed by atoms with Gasteiger partial charge in [0, 0.05) is 61.6 Å². The molecule has 43 heavy (non-hydrogen) atoms. The number of hydrogen-bond donors (Lipinski definition) is 3. The van der Waals surface area contributed by atoms with Crippen molar-refractivity contribution in [3.8, 4) is 0 Å². The van der Waals surface area contributed by atoms with E-state index in [0.29, 0.717) is 30.7 Å². The lowest BCUT2D eigenvalue weighted by molar-refractivity contribution is 0.0671. The van der Waals surface area contributed by atoms with Crippen LogP contribution in [0, 0.1) is 0 Å². The summed E-state index contributed by atoms with van der Waals surface area (Å²) in [7, 11) is 0. The fourth-order valence-corrected chi connectivity index (χ4v) is 6.91. The number of hydrogen-bond acceptors (Lipinski definition) is 5. The Morgan fingerprint density at radius 3 is 1.95 bits per heavy atom. The van der Waals surface area contributed by atoms with Crippen molar-refractivity contribution in [3.05, 3.63) is 108 Å². The van der Waals surface area contributed by atoms with Gasteiger partial charge in [-0.25, -0.2) is 9.97 Å². The van der Waals surface area contributed by atoms with Crippen molar-refractivity contribution in [2.75, 3.05) is 0 Å². The van der Waals surface area contributed by atoms with E-state index in [-0.39, 0.29) is 5.91 Å². The standard InChI is InChI=1S/C35H45N7O/c43-35(41(25-33-36-19-20-37-33)26-34-38-21-22-39-34)29-13-11-27(12-14-29)23-40-30-15-17-32(18-16-30)42(31-9-5-2-6-10-31)24-28-7-3-1-4-8-28/h1,3-4,7-8,11-14,19-22,30-32,40H,2,5-6,9-10,15-18,23-26H2,(H,36,37)(H,38,39). The van der Waals surface area contributed by atoms with Gasteiger partial charge in [-0.15, -0.1) is 0 Å². The van der Waals surface area contributed by atoms with Crippen molar-refractivity contribution in [3.63, 3.8) is 0 Å². The summed E-state index contributed by atoms with van der Waals surface area (Å²) in [5.74, 6) is 1.46. The molecule has 2 aromatic carbocycles. The van der Waals surface area contributed by atoms with Gasteiger partial charge in [-0.2, -0.15) is 0 Å². The van der Waals surface area contributed by atoms with Crippen molar-refractivity contribution in [2.45, 2.75) is 102 Å². The van der Waals surface area contributed by atoms with E-state index in [9.17, 15) is 4.79 Å². The second-order valence-electron chi connectivity index (χ2n) is 12.3. The molecule has 2 heterocycles. The molecule has 0 bridgehead atoms. The molecule has 0 radical (unpaired) electrons. The number of carbonyl (C=O) groups excluding carboxylic acids is 1. The van der Waals surface area contributed by atoms with Crippen molar-refractivity contribution in [2.24, 2.45) is 0 Å². The summed E-state index contributed by atoms with van der Waals surface area (Å²) in [6, 6.07) is 21.0. The smallest absolute Gasteiger partial charge is 0.254 e. The molecule has 4 aromatic rings. The van der Waals surface area contributed by atoms with E-state index in [1.165, 1.54) is 68.9 Å². The minimum absolute atomic E-state index is 0.0383. The molecule has 6 rings (SSSR count). The number of aromatic nitrogens is 4. The van der Waals surface area contributed by atoms with E-state index in [2.05, 4.69) is 72.6 Å². The summed E-state index contributed by atoms with van der Waals surface area (Å²) in [5, 5.41) is 3.82. The van der Waals surface area contributed by atoms with Crippen molar-refractivity contribution in [1.82, 2.24) is 35.1 Å². The van der Waals surface area contributed by atoms with Crippen LogP contribution in [0.2, 0.25) is 0 Å². The highest BCUT2D eigenvalue weighted by molar-refractivity contribution is 5.94. The highest BCUT2D eigenvalue weighted by Crippen LogP contribution is 2.32. The van der Waals surface area contributed by atoms with Crippen LogP contribution >= 0.6 is 0 Å². The average Bonchev–Trinajstić information content (AvgIpc) is 3.78. The number of aromatic amines is 2. The number of rotatable bonds is 12. The molecule has 2 saturated carbocycles. The summed E-state index contributed by atoms with van der Waals surface area (Å²) < 4.78 is 0. The Morgan fingerprint density at radius 2 is 1.35 bits per heavy atom. The zero-order chi connectivity index (χ0) is 29.3. The first-order valence-electron chi connectivity index (χ1n) is 16.1. The van der Waals surface area contributed by atoms with Gasteiger partial charge in [0.05, 0.1) is 13.1 Å². The van der Waals surface area contributed by atoms with Gasteiger partial charge in [0.2, 0.25) is 0 Å². The average molecular weight is 580 g/mol. The van der Waals surface area contributed by atoms with E-state index in [4.69, 9.17) is 0 Å². The lowest BCUT2D eigenvalue weighted by Gasteiger charge is -2.43. The number of benzene rings is 2. The van der Waals surface area contributed by atoms with E-state index >= 15 is 0 Å². The highest BCUT2D eigenvalue weighted by Gasteiger charge is 2.31. The van der Waals surface area contributed by atoms with Gasteiger partial charge in [-0.05, 0) is 61.8 Å². The zero-order valence-electron chi connectivity index (χ0n) is 25.1. The number of H-pyrrole nitrogens is 2. The van der Waals surface area contributed by atoms with Crippen LogP contribution in [0.3, 0.4) is 0 Å². The SMILES string of the molecule is O=C(c1ccc(CNC2CCC(N(Cc3ccccc3)C3CCCCC3)CC2)cc1)N(Cc1ncc[nH]1)Cc1ncc[nH]1. The van der Waals surface area contributed by atoms with Crippen molar-refractivity contribution in [1.29, 1.82) is 0 Å². The quantitative estimate of drug-likeness (QED) is 0.186. The predicted molar refractivity (Wildman–Crippen MR) is 169 cm³/mol. The molecule has 2 aliphatic carbocycles. The summed E-state index contributed by atoms with van der Waals surface area (Å²) in [4.78, 5) is 32.9. The third-order valence-electron chi connectivity index (χ3n) is 9.29. The van der Waals surface area contributed by atoms with E-state index in [1.807, 2.05) is 12.1 Å². The predicted octanol–water partition coefficient (Wildman–Crippen LogP) is 6.21. The molecular weight excluding hydrogens is 534 g/mol. The topological polar surface area (TPSA) is 92.9 Å². The zero-order valence-corrected chi connectivity index (χ0v) is 25.1. The molecule has 226 valence electrons. The summed E-state index contributed by atoms with van der Waals surface area (Å²) in [6.07, 6.45) is 18.8. The number of nitrogens with zero attached hydrogens (tertiary/aromatic N) is 4. The van der Waals surface area contributed by atoms with E-state index in [1.54, 1.807) is 29.7 Å². The first kappa shape index (κ1) is 29.3. The van der Waals surface area contributed by atoms with Crippen LogP contribution in [0.5, 0.6) is 0 Å². The Morgan fingerprint density at radius 1 is 0.721 bits per heavy atom. The highest BCUT2D eigenvalue weighted by atomic mass is 16.2. The van der Waals surface area contributed by atoms with Crippen LogP contribution in [-0.2, 0) is 26.2 Å². The molecular formula is C35H45N7O. The number of nitrogens with one attached hydrogen (secondary N) is 3. The molecule has 0 atom stereocenters. The minimum atomic E-state index is -0.0383. The number of carbonyl (C=O) groups is 1. The lowest BCUT2D eigenvalue weighted by Crippen LogP contribution is -2.47. The van der Waals surface area contributed by atoms with Crippen LogP contribution in [0.15, 0.2) is 79.4 Å². The van der Waals surface area contributed by atoms with Gasteiger partial charge in [-0.3, -0.25) is 9.69 Å². The maximum absolute atomic E-state index is 13.5. The maximum Gasteiger partial charge on any atom is 0.254 e. The van der Waals surface area contributed by atoms with Crippen LogP contribution in [0.25, 0.3) is 0 Å². The monoisotopic (exact) mass is 579 g/mol. The Hall–Kier alpha value is -3.75. The maximum atomic E-state index is 13.5. The Balaban J connectivity index is 1.01. The third-order valence-corrected chi connectivity index (χ3v) is 9.29. The first-order chi connectivity index (χ1) is 21.2. The van der Waals surface area contributed by atoms with E-state index < -0.39 is 0 Å². The fourth-order valence-electron chi connectivity index (χ4n) is 6.91. The molecule has 2 aromatic heterocycles. The van der Waals surface area contributed by atoms with Crippen LogP contribution in [-0.4, -0.2) is 53.8 Å². The summed E-state index contributed by atoms with van der Waals surface area (Å²) >= 11 is 0.